The van der Waals surface area contributed by atoms with Crippen molar-refractivity contribution >= 4 is 21.9 Å². The highest BCUT2D eigenvalue weighted by Crippen LogP contribution is 2.28. The lowest BCUT2D eigenvalue weighted by molar-refractivity contribution is -0.142. The van der Waals surface area contributed by atoms with E-state index in [4.69, 9.17) is 0 Å². The van der Waals surface area contributed by atoms with Crippen LogP contribution in [-0.2, 0) is 16.0 Å². The van der Waals surface area contributed by atoms with E-state index in [-0.39, 0.29) is 23.3 Å². The van der Waals surface area contributed by atoms with Crippen molar-refractivity contribution in [2.24, 2.45) is 0 Å². The smallest absolute Gasteiger partial charge is 0.311 e. The first kappa shape index (κ1) is 14.0. The van der Waals surface area contributed by atoms with Crippen molar-refractivity contribution in [3.8, 4) is 0 Å². The molecular weight excluding hydrogens is 303 g/mol. The highest BCUT2D eigenvalue weighted by molar-refractivity contribution is 9.10. The fraction of sp³-hybridized carbons (Fsp3) is 0.400. The van der Waals surface area contributed by atoms with Crippen molar-refractivity contribution < 1.29 is 22.7 Å². The summed E-state index contributed by atoms with van der Waals surface area (Å²) in [6.45, 7) is 1.82. The van der Waals surface area contributed by atoms with Gasteiger partial charge in [-0.15, -0.1) is 0 Å². The fourth-order valence-electron chi connectivity index (χ4n) is 1.19. The summed E-state index contributed by atoms with van der Waals surface area (Å²) in [6, 6.07) is 0.809. The molecule has 0 amide bonds. The minimum atomic E-state index is -2.96. The Bertz CT molecular complexity index is 403. The normalized spacial score (nSPS) is 10.7. The lowest BCUT2D eigenvalue weighted by Gasteiger charge is -2.07. The van der Waals surface area contributed by atoms with E-state index in [9.17, 15) is 18.0 Å². The van der Waals surface area contributed by atoms with Crippen LogP contribution in [0.25, 0.3) is 0 Å². The minimum Gasteiger partial charge on any atom is -0.466 e. The highest BCUT2D eigenvalue weighted by atomic mass is 79.9. The van der Waals surface area contributed by atoms with Crippen LogP contribution in [0.2, 0.25) is 0 Å². The van der Waals surface area contributed by atoms with Crippen LogP contribution >= 0.6 is 15.9 Å². The Labute approximate surface area is 104 Å². The van der Waals surface area contributed by atoms with Gasteiger partial charge in [0, 0.05) is 0 Å². The number of pyridine rings is 1. The molecule has 0 unspecified atom stereocenters. The number of rotatable bonds is 4. The van der Waals surface area contributed by atoms with Crippen LogP contribution in [0.1, 0.15) is 24.6 Å². The molecule has 0 spiro atoms. The number of hydrogen-bond donors (Lipinski definition) is 0. The second-order valence-electron chi connectivity index (χ2n) is 3.08. The average molecular weight is 312 g/mol. The van der Waals surface area contributed by atoms with Gasteiger partial charge >= 0.3 is 5.97 Å². The molecule has 0 radical (unpaired) electrons. The molecule has 7 heteroatoms. The zero-order chi connectivity index (χ0) is 13.0. The van der Waals surface area contributed by atoms with Gasteiger partial charge in [-0.3, -0.25) is 4.79 Å². The number of ether oxygens (including phenoxy) is 1. The Morgan fingerprint density at radius 3 is 2.71 bits per heavy atom. The highest BCUT2D eigenvalue weighted by Gasteiger charge is 2.20. The van der Waals surface area contributed by atoms with Crippen LogP contribution in [0.5, 0.6) is 0 Å². The first-order valence-corrected chi connectivity index (χ1v) is 5.53. The van der Waals surface area contributed by atoms with Gasteiger partial charge in [-0.2, -0.15) is 0 Å². The summed E-state index contributed by atoms with van der Waals surface area (Å²) < 4.78 is 42.4. The molecule has 0 bridgehead atoms. The number of esters is 1. The number of nitrogens with zero attached hydrogens (tertiary/aromatic N) is 1. The molecule has 0 atom stereocenters. The molecule has 0 saturated heterocycles. The van der Waals surface area contributed by atoms with E-state index in [1.807, 2.05) is 0 Å². The Morgan fingerprint density at radius 2 is 2.24 bits per heavy atom. The topological polar surface area (TPSA) is 39.2 Å². The number of carbonyl (C=O) groups excluding carboxylic acids is 1. The first-order valence-electron chi connectivity index (χ1n) is 4.74. The molecule has 0 aliphatic carbocycles. The zero-order valence-corrected chi connectivity index (χ0v) is 10.4. The molecule has 0 saturated carbocycles. The third kappa shape index (κ3) is 3.69. The number of aromatic nitrogens is 1. The minimum absolute atomic E-state index is 0.0391. The van der Waals surface area contributed by atoms with E-state index in [0.717, 1.165) is 6.07 Å². The van der Waals surface area contributed by atoms with Crippen molar-refractivity contribution in [3.05, 3.63) is 27.7 Å². The van der Waals surface area contributed by atoms with Gasteiger partial charge in [-0.1, -0.05) is 0 Å². The van der Waals surface area contributed by atoms with Gasteiger partial charge in [-0.05, 0) is 28.9 Å². The first-order chi connectivity index (χ1) is 7.95. The predicted molar refractivity (Wildman–Crippen MR) is 57.2 cm³/mol. The van der Waals surface area contributed by atoms with Gasteiger partial charge in [0.2, 0.25) is 0 Å². The van der Waals surface area contributed by atoms with Crippen molar-refractivity contribution in [1.82, 2.24) is 4.98 Å². The van der Waals surface area contributed by atoms with E-state index >= 15 is 0 Å². The summed E-state index contributed by atoms with van der Waals surface area (Å²) in [6.07, 6.45) is -3.22. The van der Waals surface area contributed by atoms with Crippen LogP contribution in [0.4, 0.5) is 13.2 Å². The molecule has 0 aromatic carbocycles. The third-order valence-electron chi connectivity index (χ3n) is 1.86. The fourth-order valence-corrected chi connectivity index (χ4v) is 1.78. The number of carbonyl (C=O) groups is 1. The molecule has 1 heterocycles. The largest absolute Gasteiger partial charge is 0.466 e. The van der Waals surface area contributed by atoms with Crippen LogP contribution in [0, 0.1) is 5.82 Å². The Kier molecular flexibility index (Phi) is 4.92. The maximum atomic E-state index is 13.3. The standard InChI is InChI=1S/C10H9BrF3NO2/c1-2-17-7(16)4-5-3-6(12)8(10(13)14)9(11)15-5/h3,10H,2,4H2,1H3. The predicted octanol–water partition coefficient (Wildman–Crippen LogP) is 3.03. The molecule has 94 valence electrons. The van der Waals surface area contributed by atoms with Gasteiger partial charge < -0.3 is 4.74 Å². The van der Waals surface area contributed by atoms with Crippen molar-refractivity contribution in [2.45, 2.75) is 19.8 Å². The number of hydrogen-bond acceptors (Lipinski definition) is 3. The van der Waals surface area contributed by atoms with Gasteiger partial charge in [0.1, 0.15) is 10.4 Å². The lowest BCUT2D eigenvalue weighted by atomic mass is 10.2. The average Bonchev–Trinajstić information content (AvgIpc) is 2.15. The van der Waals surface area contributed by atoms with Crippen LogP contribution < -0.4 is 0 Å². The summed E-state index contributed by atoms with van der Waals surface area (Å²) >= 11 is 2.74. The molecule has 3 nitrogen and oxygen atoms in total. The van der Waals surface area contributed by atoms with Crippen LogP contribution in [-0.4, -0.2) is 17.6 Å². The van der Waals surface area contributed by atoms with E-state index in [1.165, 1.54) is 0 Å². The monoisotopic (exact) mass is 311 g/mol. The summed E-state index contributed by atoms with van der Waals surface area (Å²) in [7, 11) is 0. The molecule has 1 aromatic heterocycles. The molecular formula is C10H9BrF3NO2. The van der Waals surface area contributed by atoms with Gasteiger partial charge in [0.15, 0.2) is 0 Å². The molecule has 0 aliphatic rings. The summed E-state index contributed by atoms with van der Waals surface area (Å²) in [4.78, 5) is 14.8. The van der Waals surface area contributed by atoms with Crippen LogP contribution in [0.15, 0.2) is 10.7 Å². The number of alkyl halides is 2. The van der Waals surface area contributed by atoms with Gasteiger partial charge in [0.25, 0.3) is 6.43 Å². The lowest BCUT2D eigenvalue weighted by Crippen LogP contribution is -2.10. The van der Waals surface area contributed by atoms with E-state index in [0.29, 0.717) is 0 Å². The molecule has 1 aromatic rings. The van der Waals surface area contributed by atoms with Crippen LogP contribution in [0.3, 0.4) is 0 Å². The number of halogens is 4. The zero-order valence-electron chi connectivity index (χ0n) is 8.84. The molecule has 0 N–H and O–H groups in total. The Morgan fingerprint density at radius 1 is 1.59 bits per heavy atom. The van der Waals surface area contributed by atoms with Crippen molar-refractivity contribution in [2.75, 3.05) is 6.61 Å². The Hall–Kier alpha value is -1.11. The molecule has 0 aliphatic heterocycles. The molecule has 1 rings (SSSR count). The van der Waals surface area contributed by atoms with Crippen molar-refractivity contribution in [1.29, 1.82) is 0 Å². The van der Waals surface area contributed by atoms with E-state index in [1.54, 1.807) is 6.92 Å². The van der Waals surface area contributed by atoms with E-state index in [2.05, 4.69) is 25.7 Å². The van der Waals surface area contributed by atoms with E-state index < -0.39 is 23.8 Å². The molecule has 0 fully saturated rings. The van der Waals surface area contributed by atoms with Gasteiger partial charge in [0.05, 0.1) is 24.3 Å². The second-order valence-corrected chi connectivity index (χ2v) is 3.83. The maximum absolute atomic E-state index is 13.3. The maximum Gasteiger partial charge on any atom is 0.311 e. The quantitative estimate of drug-likeness (QED) is 0.634. The Balaban J connectivity index is 2.94. The summed E-state index contributed by atoms with van der Waals surface area (Å²) in [5, 5.41) is 0. The third-order valence-corrected chi connectivity index (χ3v) is 2.47. The summed E-state index contributed by atoms with van der Waals surface area (Å²) in [5.74, 6) is -1.68. The second kappa shape index (κ2) is 6.00. The van der Waals surface area contributed by atoms with Gasteiger partial charge in [-0.25, -0.2) is 18.2 Å². The van der Waals surface area contributed by atoms with Crippen molar-refractivity contribution in [3.63, 3.8) is 0 Å². The summed E-state index contributed by atoms with van der Waals surface area (Å²) in [5.41, 5.74) is -0.769. The molecule has 17 heavy (non-hydrogen) atoms. The SMILES string of the molecule is CCOC(=O)Cc1cc(F)c(C(F)F)c(Br)n1.